The Morgan fingerprint density at radius 1 is 1.58 bits per heavy atom. The second kappa shape index (κ2) is 3.02. The van der Waals surface area contributed by atoms with Crippen molar-refractivity contribution in [3.63, 3.8) is 0 Å². The largest absolute Gasteiger partial charge is 0.330 e. The van der Waals surface area contributed by atoms with Crippen molar-refractivity contribution in [2.24, 2.45) is 11.1 Å². The molecule has 0 radical (unpaired) electrons. The van der Waals surface area contributed by atoms with E-state index in [1.165, 1.54) is 17.7 Å². The normalized spacial score (nSPS) is 19.5. The maximum absolute atomic E-state index is 6.00. The average molecular weight is 202 g/mol. The standard InChI is InChI=1S/C9H12ClNS/c10-7-1-4-12-8(7)5-9(6-11)2-3-9/h1,4H,2-3,5-6,11H2. The van der Waals surface area contributed by atoms with Gasteiger partial charge >= 0.3 is 0 Å². The molecule has 1 aliphatic rings. The summed E-state index contributed by atoms with van der Waals surface area (Å²) in [5, 5.41) is 2.96. The number of halogens is 1. The van der Waals surface area contributed by atoms with Gasteiger partial charge in [0.2, 0.25) is 0 Å². The lowest BCUT2D eigenvalue weighted by Gasteiger charge is -2.09. The molecule has 1 aromatic rings. The van der Waals surface area contributed by atoms with Crippen LogP contribution in [0.5, 0.6) is 0 Å². The van der Waals surface area contributed by atoms with Crippen molar-refractivity contribution in [3.8, 4) is 0 Å². The van der Waals surface area contributed by atoms with Crippen molar-refractivity contribution < 1.29 is 0 Å². The molecule has 66 valence electrons. The molecule has 1 nitrogen and oxygen atoms in total. The molecular formula is C9H12ClNS. The summed E-state index contributed by atoms with van der Waals surface area (Å²) in [7, 11) is 0. The zero-order chi connectivity index (χ0) is 8.60. The topological polar surface area (TPSA) is 26.0 Å². The first-order valence-electron chi connectivity index (χ1n) is 4.18. The Hall–Kier alpha value is -0.0500. The molecule has 2 rings (SSSR count). The Morgan fingerprint density at radius 3 is 2.75 bits per heavy atom. The molecule has 2 N–H and O–H groups in total. The highest BCUT2D eigenvalue weighted by Gasteiger charge is 2.41. The van der Waals surface area contributed by atoms with Gasteiger partial charge in [-0.05, 0) is 42.7 Å². The maximum atomic E-state index is 6.00. The van der Waals surface area contributed by atoms with E-state index in [2.05, 4.69) is 0 Å². The minimum Gasteiger partial charge on any atom is -0.330 e. The SMILES string of the molecule is NCC1(Cc2sccc2Cl)CC1. The number of hydrogen-bond donors (Lipinski definition) is 1. The van der Waals surface area contributed by atoms with Crippen LogP contribution in [0.4, 0.5) is 0 Å². The quantitative estimate of drug-likeness (QED) is 0.800. The van der Waals surface area contributed by atoms with Crippen LogP contribution in [0.2, 0.25) is 5.02 Å². The third-order valence-electron chi connectivity index (χ3n) is 2.62. The fraction of sp³-hybridized carbons (Fsp3) is 0.556. The van der Waals surface area contributed by atoms with Crippen molar-refractivity contribution in [3.05, 3.63) is 21.3 Å². The van der Waals surface area contributed by atoms with E-state index >= 15 is 0 Å². The summed E-state index contributed by atoms with van der Waals surface area (Å²) in [6, 6.07) is 1.97. The van der Waals surface area contributed by atoms with Crippen LogP contribution in [0.15, 0.2) is 11.4 Å². The van der Waals surface area contributed by atoms with E-state index in [-0.39, 0.29) is 0 Å². The van der Waals surface area contributed by atoms with Gasteiger partial charge in [0.15, 0.2) is 0 Å². The number of rotatable bonds is 3. The maximum Gasteiger partial charge on any atom is 0.0545 e. The first-order chi connectivity index (χ1) is 5.76. The van der Waals surface area contributed by atoms with E-state index in [1.54, 1.807) is 11.3 Å². The highest BCUT2D eigenvalue weighted by molar-refractivity contribution is 7.10. The van der Waals surface area contributed by atoms with Crippen LogP contribution in [0.3, 0.4) is 0 Å². The van der Waals surface area contributed by atoms with E-state index < -0.39 is 0 Å². The van der Waals surface area contributed by atoms with Gasteiger partial charge in [0.25, 0.3) is 0 Å². The van der Waals surface area contributed by atoms with E-state index in [0.717, 1.165) is 18.0 Å². The molecule has 3 heteroatoms. The second-order valence-electron chi connectivity index (χ2n) is 3.57. The number of hydrogen-bond acceptors (Lipinski definition) is 2. The van der Waals surface area contributed by atoms with Crippen LogP contribution < -0.4 is 5.73 Å². The molecule has 1 saturated carbocycles. The molecule has 1 fully saturated rings. The molecule has 0 atom stereocenters. The lowest BCUT2D eigenvalue weighted by atomic mass is 10.0. The van der Waals surface area contributed by atoms with Crippen LogP contribution in [0.1, 0.15) is 17.7 Å². The van der Waals surface area contributed by atoms with Gasteiger partial charge in [0.1, 0.15) is 0 Å². The Morgan fingerprint density at radius 2 is 2.33 bits per heavy atom. The molecule has 1 aliphatic carbocycles. The van der Waals surface area contributed by atoms with Crippen molar-refractivity contribution in [2.75, 3.05) is 6.54 Å². The van der Waals surface area contributed by atoms with Crippen molar-refractivity contribution >= 4 is 22.9 Å². The Labute approximate surface area is 81.5 Å². The van der Waals surface area contributed by atoms with Crippen LogP contribution in [-0.2, 0) is 6.42 Å². The van der Waals surface area contributed by atoms with Gasteiger partial charge < -0.3 is 5.73 Å². The molecule has 0 saturated heterocycles. The predicted molar refractivity (Wildman–Crippen MR) is 53.8 cm³/mol. The second-order valence-corrected chi connectivity index (χ2v) is 4.98. The fourth-order valence-electron chi connectivity index (χ4n) is 1.42. The van der Waals surface area contributed by atoms with E-state index in [4.69, 9.17) is 17.3 Å². The summed E-state index contributed by atoms with van der Waals surface area (Å²) in [4.78, 5) is 1.31. The Bertz CT molecular complexity index is 278. The lowest BCUT2D eigenvalue weighted by Crippen LogP contribution is -2.17. The minimum absolute atomic E-state index is 0.411. The first-order valence-corrected chi connectivity index (χ1v) is 5.43. The van der Waals surface area contributed by atoms with Gasteiger partial charge in [-0.2, -0.15) is 0 Å². The van der Waals surface area contributed by atoms with Crippen molar-refractivity contribution in [1.29, 1.82) is 0 Å². The summed E-state index contributed by atoms with van der Waals surface area (Å²) in [5.74, 6) is 0. The van der Waals surface area contributed by atoms with Gasteiger partial charge in [0.05, 0.1) is 5.02 Å². The molecule has 1 aromatic heterocycles. The summed E-state index contributed by atoms with van der Waals surface area (Å²) >= 11 is 7.74. The fourth-order valence-corrected chi connectivity index (χ4v) is 2.70. The smallest absolute Gasteiger partial charge is 0.0545 e. The molecular weight excluding hydrogens is 190 g/mol. The summed E-state index contributed by atoms with van der Waals surface area (Å²) in [6.45, 7) is 0.807. The van der Waals surface area contributed by atoms with Crippen LogP contribution in [0.25, 0.3) is 0 Å². The zero-order valence-electron chi connectivity index (χ0n) is 6.85. The molecule has 1 heterocycles. The van der Waals surface area contributed by atoms with Gasteiger partial charge in [0, 0.05) is 4.88 Å². The van der Waals surface area contributed by atoms with Crippen LogP contribution >= 0.6 is 22.9 Å². The highest BCUT2D eigenvalue weighted by Crippen LogP contribution is 2.48. The molecule has 0 spiro atoms. The monoisotopic (exact) mass is 201 g/mol. The summed E-state index contributed by atoms with van der Waals surface area (Å²) < 4.78 is 0. The molecule has 0 unspecified atom stereocenters. The van der Waals surface area contributed by atoms with Gasteiger partial charge in [-0.15, -0.1) is 11.3 Å². The molecule has 0 aliphatic heterocycles. The van der Waals surface area contributed by atoms with Gasteiger partial charge in [-0.1, -0.05) is 11.6 Å². The van der Waals surface area contributed by atoms with Crippen LogP contribution in [0, 0.1) is 5.41 Å². The average Bonchev–Trinajstić information content (AvgIpc) is 2.74. The zero-order valence-corrected chi connectivity index (χ0v) is 8.42. The first kappa shape index (κ1) is 8.54. The lowest BCUT2D eigenvalue weighted by molar-refractivity contribution is 0.526. The van der Waals surface area contributed by atoms with E-state index in [1.807, 2.05) is 11.4 Å². The third-order valence-corrected chi connectivity index (χ3v) is 4.00. The van der Waals surface area contributed by atoms with Crippen molar-refractivity contribution in [1.82, 2.24) is 0 Å². The predicted octanol–water partition coefficient (Wildman–Crippen LogP) is 2.68. The molecule has 0 bridgehead atoms. The van der Waals surface area contributed by atoms with Gasteiger partial charge in [-0.25, -0.2) is 0 Å². The Kier molecular flexibility index (Phi) is 2.15. The van der Waals surface area contributed by atoms with Crippen molar-refractivity contribution in [2.45, 2.75) is 19.3 Å². The Balaban J connectivity index is 2.08. The van der Waals surface area contributed by atoms with E-state index in [0.29, 0.717) is 5.41 Å². The summed E-state index contributed by atoms with van der Waals surface area (Å²) in [5.41, 5.74) is 6.11. The third kappa shape index (κ3) is 1.51. The minimum atomic E-state index is 0.411. The highest BCUT2D eigenvalue weighted by atomic mass is 35.5. The number of thiophene rings is 1. The van der Waals surface area contributed by atoms with E-state index in [9.17, 15) is 0 Å². The van der Waals surface area contributed by atoms with Crippen LogP contribution in [-0.4, -0.2) is 6.54 Å². The molecule has 0 aromatic carbocycles. The summed E-state index contributed by atoms with van der Waals surface area (Å²) in [6.07, 6.45) is 3.63. The van der Waals surface area contributed by atoms with Gasteiger partial charge in [-0.3, -0.25) is 0 Å². The molecule has 12 heavy (non-hydrogen) atoms. The number of nitrogens with two attached hydrogens (primary N) is 1. The molecule has 0 amide bonds.